The smallest absolute Gasteiger partial charge is 0.123 e. The number of aromatic nitrogens is 1. The van der Waals surface area contributed by atoms with Gasteiger partial charge in [0.15, 0.2) is 0 Å². The summed E-state index contributed by atoms with van der Waals surface area (Å²) < 4.78 is 6.20. The van der Waals surface area contributed by atoms with E-state index in [-0.39, 0.29) is 12.7 Å². The number of ether oxygens (including phenoxy) is 1. The molecule has 0 saturated carbocycles. The van der Waals surface area contributed by atoms with E-state index in [0.717, 1.165) is 72.2 Å². The lowest BCUT2D eigenvalue weighted by atomic mass is 9.93. The van der Waals surface area contributed by atoms with Crippen LogP contribution in [0.3, 0.4) is 0 Å². The van der Waals surface area contributed by atoms with Gasteiger partial charge in [-0.3, -0.25) is 0 Å². The molecule has 188 valence electrons. The normalized spacial score (nSPS) is 15.0. The number of benzene rings is 2. The highest BCUT2D eigenvalue weighted by Crippen LogP contribution is 2.37. The minimum atomic E-state index is -0.124. The molecular formula is C28H37N3O3S. The van der Waals surface area contributed by atoms with Crippen molar-refractivity contribution in [2.24, 2.45) is 0 Å². The first-order valence-corrected chi connectivity index (χ1v) is 13.4. The number of piperidine rings is 1. The largest absolute Gasteiger partial charge is 0.493 e. The van der Waals surface area contributed by atoms with Gasteiger partial charge in [0, 0.05) is 49.4 Å². The lowest BCUT2D eigenvalue weighted by Gasteiger charge is -2.29. The van der Waals surface area contributed by atoms with Crippen molar-refractivity contribution in [3.8, 4) is 27.4 Å². The van der Waals surface area contributed by atoms with Crippen LogP contribution >= 0.6 is 11.3 Å². The molecular weight excluding hydrogens is 458 g/mol. The molecule has 0 radical (unpaired) electrons. The Balaban J connectivity index is 1.43. The Bertz CT molecular complexity index is 1090. The van der Waals surface area contributed by atoms with Gasteiger partial charge in [-0.1, -0.05) is 30.3 Å². The quantitative estimate of drug-likeness (QED) is 0.342. The maximum Gasteiger partial charge on any atom is 0.123 e. The molecule has 0 atom stereocenters. The third kappa shape index (κ3) is 6.68. The summed E-state index contributed by atoms with van der Waals surface area (Å²) >= 11 is 1.69. The summed E-state index contributed by atoms with van der Waals surface area (Å²) in [4.78, 5) is 8.24. The van der Waals surface area contributed by atoms with E-state index in [0.29, 0.717) is 13.2 Å². The van der Waals surface area contributed by atoms with Crippen LogP contribution in [0.4, 0.5) is 0 Å². The Kier molecular flexibility index (Phi) is 9.29. The average Bonchev–Trinajstić information content (AvgIpc) is 3.33. The van der Waals surface area contributed by atoms with Crippen LogP contribution in [-0.4, -0.2) is 65.6 Å². The Morgan fingerprint density at radius 2 is 1.77 bits per heavy atom. The number of hydrogen-bond acceptors (Lipinski definition) is 7. The standard InChI is InChI=1S/C28H37N3O3S/c1-20-24(6-3-8-26(20)28-30-19-23(35-28)18-29-12-16-32)25-7-4-9-27(21(25)2)34-17-5-13-31-14-10-22(33)11-15-31/h3-4,6-9,19,22,29,32-33H,5,10-18H2,1-2H3. The molecule has 0 aliphatic carbocycles. The van der Waals surface area contributed by atoms with Crippen LogP contribution in [0.15, 0.2) is 42.6 Å². The summed E-state index contributed by atoms with van der Waals surface area (Å²) in [5.74, 6) is 0.938. The summed E-state index contributed by atoms with van der Waals surface area (Å²) in [5.41, 5.74) is 5.91. The zero-order valence-electron chi connectivity index (χ0n) is 20.8. The van der Waals surface area contributed by atoms with Crippen LogP contribution in [0.5, 0.6) is 5.75 Å². The Morgan fingerprint density at radius 1 is 1.06 bits per heavy atom. The first-order chi connectivity index (χ1) is 17.1. The van der Waals surface area contributed by atoms with E-state index in [2.05, 4.69) is 65.4 Å². The Hall–Kier alpha value is -2.29. The molecule has 1 aromatic heterocycles. The zero-order chi connectivity index (χ0) is 24.6. The molecule has 0 unspecified atom stereocenters. The van der Waals surface area contributed by atoms with Crippen molar-refractivity contribution < 1.29 is 14.9 Å². The van der Waals surface area contributed by atoms with Gasteiger partial charge in [0.2, 0.25) is 0 Å². The van der Waals surface area contributed by atoms with Crippen LogP contribution in [0.1, 0.15) is 35.3 Å². The van der Waals surface area contributed by atoms with Crippen LogP contribution < -0.4 is 10.1 Å². The Morgan fingerprint density at radius 3 is 2.54 bits per heavy atom. The first kappa shape index (κ1) is 25.8. The molecule has 1 fully saturated rings. The number of aliphatic hydroxyl groups is 2. The van der Waals surface area contributed by atoms with E-state index in [1.165, 1.54) is 16.7 Å². The van der Waals surface area contributed by atoms with Crippen molar-refractivity contribution >= 4 is 11.3 Å². The zero-order valence-corrected chi connectivity index (χ0v) is 21.6. The molecule has 6 nitrogen and oxygen atoms in total. The summed E-state index contributed by atoms with van der Waals surface area (Å²) in [7, 11) is 0. The molecule has 7 heteroatoms. The molecule has 0 bridgehead atoms. The number of nitrogens with one attached hydrogen (secondary N) is 1. The molecule has 3 aromatic rings. The molecule has 2 aromatic carbocycles. The highest BCUT2D eigenvalue weighted by atomic mass is 32.1. The van der Waals surface area contributed by atoms with Crippen molar-refractivity contribution in [2.45, 2.75) is 45.8 Å². The van der Waals surface area contributed by atoms with Crippen LogP contribution in [0.25, 0.3) is 21.7 Å². The second-order valence-corrected chi connectivity index (χ2v) is 10.3. The van der Waals surface area contributed by atoms with Gasteiger partial charge in [0.05, 0.1) is 19.3 Å². The van der Waals surface area contributed by atoms with Crippen molar-refractivity contribution in [3.63, 3.8) is 0 Å². The monoisotopic (exact) mass is 495 g/mol. The molecule has 1 aliphatic rings. The van der Waals surface area contributed by atoms with Gasteiger partial charge >= 0.3 is 0 Å². The molecule has 3 N–H and O–H groups in total. The Labute approximate surface area is 212 Å². The summed E-state index contributed by atoms with van der Waals surface area (Å²) in [6.45, 7) is 9.40. The summed E-state index contributed by atoms with van der Waals surface area (Å²) in [5, 5.41) is 22.9. The molecule has 1 aliphatic heterocycles. The third-order valence-electron chi connectivity index (χ3n) is 6.71. The average molecular weight is 496 g/mol. The van der Waals surface area contributed by atoms with E-state index in [1.807, 2.05) is 6.20 Å². The highest BCUT2D eigenvalue weighted by molar-refractivity contribution is 7.15. The predicted molar refractivity (Wildman–Crippen MR) is 143 cm³/mol. The van der Waals surface area contributed by atoms with Gasteiger partial charge in [-0.05, 0) is 61.4 Å². The fourth-order valence-electron chi connectivity index (χ4n) is 4.64. The van der Waals surface area contributed by atoms with Crippen LogP contribution in [0, 0.1) is 13.8 Å². The fourth-order valence-corrected chi connectivity index (χ4v) is 5.60. The number of nitrogens with zero attached hydrogens (tertiary/aromatic N) is 2. The predicted octanol–water partition coefficient (Wildman–Crippen LogP) is 4.40. The van der Waals surface area contributed by atoms with Gasteiger partial charge in [-0.25, -0.2) is 4.98 Å². The van der Waals surface area contributed by atoms with E-state index in [1.54, 1.807) is 11.3 Å². The molecule has 0 spiro atoms. The maximum atomic E-state index is 9.68. The fraction of sp³-hybridized carbons (Fsp3) is 0.464. The SMILES string of the molecule is Cc1c(OCCCN2CCC(O)CC2)cccc1-c1cccc(-c2ncc(CNCCO)s2)c1C. The van der Waals surface area contributed by atoms with E-state index < -0.39 is 0 Å². The minimum Gasteiger partial charge on any atom is -0.493 e. The topological polar surface area (TPSA) is 77.9 Å². The number of hydrogen-bond donors (Lipinski definition) is 3. The summed E-state index contributed by atoms with van der Waals surface area (Å²) in [6.07, 6.45) is 4.53. The number of thiazole rings is 1. The molecule has 0 amide bonds. The number of aliphatic hydroxyl groups excluding tert-OH is 2. The second-order valence-electron chi connectivity index (χ2n) is 9.21. The van der Waals surface area contributed by atoms with Gasteiger partial charge in [-0.15, -0.1) is 11.3 Å². The van der Waals surface area contributed by atoms with E-state index in [9.17, 15) is 5.11 Å². The van der Waals surface area contributed by atoms with E-state index >= 15 is 0 Å². The highest BCUT2D eigenvalue weighted by Gasteiger charge is 2.17. The first-order valence-electron chi connectivity index (χ1n) is 12.6. The molecule has 4 rings (SSSR count). The number of rotatable bonds is 11. The van der Waals surface area contributed by atoms with Crippen molar-refractivity contribution in [1.82, 2.24) is 15.2 Å². The van der Waals surface area contributed by atoms with E-state index in [4.69, 9.17) is 9.84 Å². The van der Waals surface area contributed by atoms with Gasteiger partial charge in [0.25, 0.3) is 0 Å². The molecule has 1 saturated heterocycles. The lowest BCUT2D eigenvalue weighted by molar-refractivity contribution is 0.0800. The van der Waals surface area contributed by atoms with Crippen molar-refractivity contribution in [3.05, 3.63) is 58.6 Å². The van der Waals surface area contributed by atoms with Gasteiger partial charge in [0.1, 0.15) is 10.8 Å². The molecule has 35 heavy (non-hydrogen) atoms. The van der Waals surface area contributed by atoms with Crippen molar-refractivity contribution in [1.29, 1.82) is 0 Å². The number of likely N-dealkylation sites (tertiary alicyclic amines) is 1. The molecule has 2 heterocycles. The third-order valence-corrected chi connectivity index (χ3v) is 7.74. The lowest BCUT2D eigenvalue weighted by Crippen LogP contribution is -2.36. The second kappa shape index (κ2) is 12.6. The minimum absolute atomic E-state index is 0.124. The van der Waals surface area contributed by atoms with Crippen LogP contribution in [0.2, 0.25) is 0 Å². The van der Waals surface area contributed by atoms with Gasteiger partial charge in [-0.2, -0.15) is 0 Å². The maximum absolute atomic E-state index is 9.68. The van der Waals surface area contributed by atoms with Gasteiger partial charge < -0.3 is 25.2 Å². The summed E-state index contributed by atoms with van der Waals surface area (Å²) in [6, 6.07) is 12.7. The van der Waals surface area contributed by atoms with Crippen LogP contribution in [-0.2, 0) is 6.54 Å². The van der Waals surface area contributed by atoms with Crippen molar-refractivity contribution in [2.75, 3.05) is 39.4 Å².